The molecular weight excluding hydrogens is 404 g/mol. The number of morpholine rings is 1. The van der Waals surface area contributed by atoms with Crippen LogP contribution in [0.5, 0.6) is 0 Å². The molecule has 2 aromatic rings. The molecule has 0 unspecified atom stereocenters. The fourth-order valence-corrected chi connectivity index (χ4v) is 5.30. The van der Waals surface area contributed by atoms with E-state index in [1.165, 1.54) is 0 Å². The summed E-state index contributed by atoms with van der Waals surface area (Å²) in [4.78, 5) is 17.5. The van der Waals surface area contributed by atoms with Gasteiger partial charge in [-0.25, -0.2) is 0 Å². The smallest absolute Gasteiger partial charge is 0.237 e. The number of carbonyl (C=O) groups excluding carboxylic acids is 1. The molecule has 166 valence electrons. The van der Waals surface area contributed by atoms with E-state index >= 15 is 0 Å². The summed E-state index contributed by atoms with van der Waals surface area (Å²) in [7, 11) is 0. The first-order valence-corrected chi connectivity index (χ1v) is 11.3. The summed E-state index contributed by atoms with van der Waals surface area (Å²) in [6.45, 7) is 4.08. The molecule has 0 saturated carbocycles. The molecule has 5 rings (SSSR count). The highest BCUT2D eigenvalue weighted by Crippen LogP contribution is 2.47. The van der Waals surface area contributed by atoms with Crippen LogP contribution in [-0.2, 0) is 9.53 Å². The van der Waals surface area contributed by atoms with E-state index in [1.807, 2.05) is 35.2 Å². The molecule has 0 spiro atoms. The Morgan fingerprint density at radius 2 is 1.88 bits per heavy atom. The first-order valence-electron chi connectivity index (χ1n) is 11.3. The summed E-state index contributed by atoms with van der Waals surface area (Å²) in [6.07, 6.45) is 0.873. The standard InChI is InChI=1S/C25H28N4O3/c26-14-17-1-3-18(4-2-17)19-5-6-22-21(13-19)25-20(23(16-30)27-22)7-8-29(25)24(31)15-28-9-11-32-12-10-28/h1-6,13,20,23,25,27,30H,7-12,15-16H2/t20-,23+,25-/m1/s1. The van der Waals surface area contributed by atoms with Gasteiger partial charge in [0.2, 0.25) is 5.91 Å². The van der Waals surface area contributed by atoms with Gasteiger partial charge in [-0.1, -0.05) is 18.2 Å². The van der Waals surface area contributed by atoms with E-state index in [-0.39, 0.29) is 30.5 Å². The summed E-state index contributed by atoms with van der Waals surface area (Å²) in [5.41, 5.74) is 4.82. The minimum atomic E-state index is -0.0607. The molecule has 0 radical (unpaired) electrons. The van der Waals surface area contributed by atoms with Crippen molar-refractivity contribution in [2.75, 3.05) is 51.3 Å². The van der Waals surface area contributed by atoms with Crippen LogP contribution in [0.1, 0.15) is 23.6 Å². The lowest BCUT2D eigenvalue weighted by atomic mass is 9.82. The molecule has 3 aliphatic rings. The Kier molecular flexibility index (Phi) is 5.83. The average molecular weight is 433 g/mol. The second-order valence-corrected chi connectivity index (χ2v) is 8.80. The SMILES string of the molecule is N#Cc1ccc(-c2ccc3c(c2)[C@H]2[C@H](CCN2C(=O)CN2CCOCC2)[C@H](CO)N3)cc1. The van der Waals surface area contributed by atoms with Crippen molar-refractivity contribution in [3.05, 3.63) is 53.6 Å². The molecule has 2 fully saturated rings. The third-order valence-corrected chi connectivity index (χ3v) is 7.00. The Morgan fingerprint density at radius 1 is 1.12 bits per heavy atom. The lowest BCUT2D eigenvalue weighted by molar-refractivity contribution is -0.134. The molecule has 7 nitrogen and oxygen atoms in total. The summed E-state index contributed by atoms with van der Waals surface area (Å²) in [5.74, 6) is 0.324. The van der Waals surface area contributed by atoms with E-state index in [2.05, 4.69) is 28.4 Å². The second-order valence-electron chi connectivity index (χ2n) is 8.80. The van der Waals surface area contributed by atoms with Gasteiger partial charge in [0.15, 0.2) is 0 Å². The predicted octanol–water partition coefficient (Wildman–Crippen LogP) is 2.23. The number of nitrogens with one attached hydrogen (secondary N) is 1. The molecule has 3 heterocycles. The van der Waals surface area contributed by atoms with Crippen LogP contribution in [0.15, 0.2) is 42.5 Å². The largest absolute Gasteiger partial charge is 0.394 e. The molecule has 2 saturated heterocycles. The molecule has 0 aromatic heterocycles. The van der Waals surface area contributed by atoms with Crippen LogP contribution in [-0.4, -0.2) is 72.9 Å². The fraction of sp³-hybridized carbons (Fsp3) is 0.440. The molecule has 3 aliphatic heterocycles. The first-order chi connectivity index (χ1) is 15.7. The number of amides is 1. The highest BCUT2D eigenvalue weighted by atomic mass is 16.5. The maximum absolute atomic E-state index is 13.3. The number of hydrogen-bond donors (Lipinski definition) is 2. The predicted molar refractivity (Wildman–Crippen MR) is 121 cm³/mol. The van der Waals surface area contributed by atoms with Gasteiger partial charge >= 0.3 is 0 Å². The van der Waals surface area contributed by atoms with Gasteiger partial charge in [0.05, 0.1) is 50.1 Å². The Labute approximate surface area is 188 Å². The van der Waals surface area contributed by atoms with Gasteiger partial charge in [0, 0.05) is 31.2 Å². The summed E-state index contributed by atoms with van der Waals surface area (Å²) >= 11 is 0. The van der Waals surface area contributed by atoms with E-state index < -0.39 is 0 Å². The molecule has 2 N–H and O–H groups in total. The van der Waals surface area contributed by atoms with E-state index in [4.69, 9.17) is 10.00 Å². The second kappa shape index (κ2) is 8.91. The molecular formula is C25H28N4O3. The summed E-state index contributed by atoms with van der Waals surface area (Å²) in [6, 6.07) is 15.9. The van der Waals surface area contributed by atoms with Crippen molar-refractivity contribution in [3.8, 4) is 17.2 Å². The van der Waals surface area contributed by atoms with Gasteiger partial charge in [-0.05, 0) is 47.4 Å². The van der Waals surface area contributed by atoms with Crippen molar-refractivity contribution < 1.29 is 14.6 Å². The van der Waals surface area contributed by atoms with Gasteiger partial charge in [-0.2, -0.15) is 5.26 Å². The molecule has 7 heteroatoms. The third-order valence-electron chi connectivity index (χ3n) is 7.00. The Bertz CT molecular complexity index is 1030. The molecule has 2 aromatic carbocycles. The lowest BCUT2D eigenvalue weighted by Gasteiger charge is -2.40. The number of aliphatic hydroxyl groups is 1. The highest BCUT2D eigenvalue weighted by Gasteiger charge is 2.45. The highest BCUT2D eigenvalue weighted by molar-refractivity contribution is 5.80. The number of nitriles is 1. The quantitative estimate of drug-likeness (QED) is 0.770. The Morgan fingerprint density at radius 3 is 2.59 bits per heavy atom. The van der Waals surface area contributed by atoms with Gasteiger partial charge in [-0.15, -0.1) is 0 Å². The summed E-state index contributed by atoms with van der Waals surface area (Å²) < 4.78 is 5.42. The minimum absolute atomic E-state index is 0.0451. The van der Waals surface area contributed by atoms with Crippen LogP contribution in [0.2, 0.25) is 0 Å². The zero-order chi connectivity index (χ0) is 22.1. The fourth-order valence-electron chi connectivity index (χ4n) is 5.30. The minimum Gasteiger partial charge on any atom is -0.394 e. The number of likely N-dealkylation sites (tertiary alicyclic amines) is 1. The van der Waals surface area contributed by atoms with Gasteiger partial charge in [-0.3, -0.25) is 9.69 Å². The molecule has 0 aliphatic carbocycles. The topological polar surface area (TPSA) is 88.8 Å². The number of hydrogen-bond acceptors (Lipinski definition) is 6. The van der Waals surface area contributed by atoms with E-state index in [0.29, 0.717) is 31.9 Å². The summed E-state index contributed by atoms with van der Waals surface area (Å²) in [5, 5.41) is 22.6. The van der Waals surface area contributed by atoms with Crippen LogP contribution >= 0.6 is 0 Å². The number of benzene rings is 2. The molecule has 1 amide bonds. The molecule has 32 heavy (non-hydrogen) atoms. The third kappa shape index (κ3) is 3.86. The first kappa shape index (κ1) is 21.0. The number of aliphatic hydroxyl groups excluding tert-OH is 1. The van der Waals surface area contributed by atoms with E-state index in [1.54, 1.807) is 0 Å². The number of ether oxygens (including phenoxy) is 1. The number of carbonyl (C=O) groups is 1. The van der Waals surface area contributed by atoms with Crippen molar-refractivity contribution in [2.24, 2.45) is 5.92 Å². The lowest BCUT2D eigenvalue weighted by Crippen LogP contribution is -2.47. The van der Waals surface area contributed by atoms with Crippen LogP contribution in [0.25, 0.3) is 11.1 Å². The number of fused-ring (bicyclic) bond motifs is 3. The van der Waals surface area contributed by atoms with Crippen molar-refractivity contribution in [3.63, 3.8) is 0 Å². The van der Waals surface area contributed by atoms with Gasteiger partial charge in [0.1, 0.15) is 0 Å². The Balaban J connectivity index is 1.46. The van der Waals surface area contributed by atoms with Crippen LogP contribution in [0.4, 0.5) is 5.69 Å². The average Bonchev–Trinajstić information content (AvgIpc) is 3.30. The van der Waals surface area contributed by atoms with Crippen molar-refractivity contribution in [2.45, 2.75) is 18.5 Å². The van der Waals surface area contributed by atoms with Crippen molar-refractivity contribution in [1.82, 2.24) is 9.80 Å². The maximum atomic E-state index is 13.3. The zero-order valence-corrected chi connectivity index (χ0v) is 18.0. The maximum Gasteiger partial charge on any atom is 0.237 e. The van der Waals surface area contributed by atoms with Gasteiger partial charge < -0.3 is 20.1 Å². The van der Waals surface area contributed by atoms with Crippen molar-refractivity contribution in [1.29, 1.82) is 5.26 Å². The zero-order valence-electron chi connectivity index (χ0n) is 18.0. The Hall–Kier alpha value is -2.92. The molecule has 0 bridgehead atoms. The van der Waals surface area contributed by atoms with E-state index in [0.717, 1.165) is 41.9 Å². The van der Waals surface area contributed by atoms with Crippen LogP contribution < -0.4 is 5.32 Å². The monoisotopic (exact) mass is 432 g/mol. The number of anilines is 1. The van der Waals surface area contributed by atoms with Gasteiger partial charge in [0.25, 0.3) is 0 Å². The van der Waals surface area contributed by atoms with Crippen LogP contribution in [0, 0.1) is 17.2 Å². The normalized spacial score (nSPS) is 24.9. The van der Waals surface area contributed by atoms with E-state index in [9.17, 15) is 9.90 Å². The number of nitrogens with zero attached hydrogens (tertiary/aromatic N) is 3. The van der Waals surface area contributed by atoms with Crippen molar-refractivity contribution >= 4 is 11.6 Å². The number of rotatable bonds is 4. The van der Waals surface area contributed by atoms with Crippen LogP contribution in [0.3, 0.4) is 0 Å². The molecule has 3 atom stereocenters.